The first kappa shape index (κ1) is 24.0. The van der Waals surface area contributed by atoms with Crippen molar-refractivity contribution in [3.63, 3.8) is 0 Å². The van der Waals surface area contributed by atoms with Crippen molar-refractivity contribution in [3.05, 3.63) is 84.4 Å². The zero-order valence-corrected chi connectivity index (χ0v) is 19.9. The third-order valence-corrected chi connectivity index (χ3v) is 7.21. The van der Waals surface area contributed by atoms with Crippen molar-refractivity contribution in [2.24, 2.45) is 5.92 Å². The number of aryl methyl sites for hydroxylation is 1. The van der Waals surface area contributed by atoms with E-state index in [9.17, 15) is 13.2 Å². The fourth-order valence-electron chi connectivity index (χ4n) is 2.94. The number of para-hydroxylation sites is 1. The summed E-state index contributed by atoms with van der Waals surface area (Å²) in [6.07, 6.45) is 0.835. The van der Waals surface area contributed by atoms with E-state index in [1.54, 1.807) is 36.0 Å². The molecule has 3 aromatic carbocycles. The molecule has 0 aliphatic heterocycles. The van der Waals surface area contributed by atoms with Crippen molar-refractivity contribution in [2.75, 3.05) is 11.9 Å². The average Bonchev–Trinajstić information content (AvgIpc) is 2.79. The number of anilines is 1. The molecule has 1 amide bonds. The summed E-state index contributed by atoms with van der Waals surface area (Å²) in [7, 11) is -3.51. The lowest BCUT2D eigenvalue weighted by atomic mass is 10.1. The molecular weight excluding hydrogens is 440 g/mol. The largest absolute Gasteiger partial charge is 0.325 e. The molecule has 0 aliphatic rings. The molecule has 3 aromatic rings. The zero-order valence-electron chi connectivity index (χ0n) is 18.2. The Bertz CT molecular complexity index is 1130. The number of nitrogens with one attached hydrogen (secondary N) is 2. The Hall–Kier alpha value is -2.61. The van der Waals surface area contributed by atoms with Crippen molar-refractivity contribution < 1.29 is 13.2 Å². The Morgan fingerprint density at radius 2 is 1.56 bits per heavy atom. The second kappa shape index (κ2) is 11.3. The minimum Gasteiger partial charge on any atom is -0.325 e. The van der Waals surface area contributed by atoms with Gasteiger partial charge < -0.3 is 5.32 Å². The first-order valence-electron chi connectivity index (χ1n) is 10.5. The van der Waals surface area contributed by atoms with Gasteiger partial charge in [-0.05, 0) is 54.3 Å². The van der Waals surface area contributed by atoms with E-state index in [1.807, 2.05) is 68.4 Å². The Labute approximate surface area is 194 Å². The fraction of sp³-hybridized carbons (Fsp3) is 0.240. The molecular formula is C25H28N2O3S2. The highest BCUT2D eigenvalue weighted by Crippen LogP contribution is 2.33. The lowest BCUT2D eigenvalue weighted by Crippen LogP contribution is -2.27. The van der Waals surface area contributed by atoms with Gasteiger partial charge in [-0.2, -0.15) is 0 Å². The average molecular weight is 469 g/mol. The normalized spacial score (nSPS) is 11.5. The molecule has 168 valence electrons. The molecule has 0 spiro atoms. The summed E-state index contributed by atoms with van der Waals surface area (Å²) < 4.78 is 27.2. The second-order valence-corrected chi connectivity index (χ2v) is 10.7. The minimum absolute atomic E-state index is 0.0820. The number of amides is 1. The molecule has 0 bridgehead atoms. The van der Waals surface area contributed by atoms with E-state index in [-0.39, 0.29) is 16.7 Å². The van der Waals surface area contributed by atoms with Crippen molar-refractivity contribution >= 4 is 33.4 Å². The summed E-state index contributed by atoms with van der Waals surface area (Å²) in [5, 5.41) is 3.00. The first-order valence-corrected chi connectivity index (χ1v) is 12.8. The Balaban J connectivity index is 1.57. The second-order valence-electron chi connectivity index (χ2n) is 7.85. The molecule has 7 heteroatoms. The number of sulfonamides is 1. The fourth-order valence-corrected chi connectivity index (χ4v) is 5.08. The molecule has 0 atom stereocenters. The molecule has 0 fully saturated rings. The maximum Gasteiger partial charge on any atom is 0.240 e. The van der Waals surface area contributed by atoms with Crippen molar-refractivity contribution in [2.45, 2.75) is 41.4 Å². The molecule has 0 aromatic heterocycles. The molecule has 32 heavy (non-hydrogen) atoms. The highest BCUT2D eigenvalue weighted by atomic mass is 32.2. The van der Waals surface area contributed by atoms with Gasteiger partial charge in [-0.15, -0.1) is 0 Å². The van der Waals surface area contributed by atoms with Crippen LogP contribution in [0.1, 0.15) is 25.8 Å². The van der Waals surface area contributed by atoms with Crippen molar-refractivity contribution in [1.29, 1.82) is 0 Å². The van der Waals surface area contributed by atoms with Crippen molar-refractivity contribution in [3.8, 4) is 0 Å². The van der Waals surface area contributed by atoms with Crippen LogP contribution >= 0.6 is 11.8 Å². The van der Waals surface area contributed by atoms with Crippen LogP contribution in [0.15, 0.2) is 93.5 Å². The maximum atomic E-state index is 12.5. The molecule has 0 saturated heterocycles. The van der Waals surface area contributed by atoms with E-state index >= 15 is 0 Å². The van der Waals surface area contributed by atoms with Crippen LogP contribution in [0.3, 0.4) is 0 Å². The monoisotopic (exact) mass is 468 g/mol. The quantitative estimate of drug-likeness (QED) is 0.421. The summed E-state index contributed by atoms with van der Waals surface area (Å²) in [6.45, 7) is 4.30. The van der Waals surface area contributed by atoms with E-state index in [4.69, 9.17) is 0 Å². The van der Waals surface area contributed by atoms with Crippen LogP contribution in [-0.2, 0) is 21.2 Å². The molecule has 0 heterocycles. The van der Waals surface area contributed by atoms with E-state index in [0.29, 0.717) is 19.4 Å². The first-order chi connectivity index (χ1) is 15.3. The topological polar surface area (TPSA) is 75.3 Å². The molecule has 0 radical (unpaired) electrons. The van der Waals surface area contributed by atoms with Gasteiger partial charge in [0.1, 0.15) is 0 Å². The smallest absolute Gasteiger partial charge is 0.240 e. The van der Waals surface area contributed by atoms with Gasteiger partial charge in [-0.1, -0.05) is 68.1 Å². The number of rotatable bonds is 10. The van der Waals surface area contributed by atoms with Crippen LogP contribution in [0.2, 0.25) is 0 Å². The number of hydrogen-bond donors (Lipinski definition) is 2. The molecule has 2 N–H and O–H groups in total. The van der Waals surface area contributed by atoms with Gasteiger partial charge in [0.25, 0.3) is 0 Å². The Morgan fingerprint density at radius 3 is 2.25 bits per heavy atom. The lowest BCUT2D eigenvalue weighted by molar-refractivity contribution is -0.116. The van der Waals surface area contributed by atoms with Gasteiger partial charge in [0.2, 0.25) is 15.9 Å². The summed E-state index contributed by atoms with van der Waals surface area (Å²) in [5.74, 6) is 0.153. The van der Waals surface area contributed by atoms with Crippen LogP contribution in [0, 0.1) is 5.92 Å². The summed E-state index contributed by atoms with van der Waals surface area (Å²) >= 11 is 1.60. The van der Waals surface area contributed by atoms with Crippen LogP contribution in [-0.4, -0.2) is 20.9 Å². The van der Waals surface area contributed by atoms with E-state index in [2.05, 4.69) is 10.0 Å². The van der Waals surface area contributed by atoms with Gasteiger partial charge in [0.15, 0.2) is 0 Å². The zero-order chi connectivity index (χ0) is 23.0. The van der Waals surface area contributed by atoms with Gasteiger partial charge in [0.05, 0.1) is 10.6 Å². The van der Waals surface area contributed by atoms with E-state index in [0.717, 1.165) is 21.0 Å². The SMILES string of the molecule is CC(C)CNS(=O)(=O)c1ccc(CCC(=O)Nc2ccccc2Sc2ccccc2)cc1. The van der Waals surface area contributed by atoms with E-state index < -0.39 is 10.0 Å². The van der Waals surface area contributed by atoms with Gasteiger partial charge in [-0.3, -0.25) is 4.79 Å². The number of benzene rings is 3. The summed E-state index contributed by atoms with van der Waals surface area (Å²) in [5.41, 5.74) is 1.69. The number of carbonyl (C=O) groups excluding carboxylic acids is 1. The highest BCUT2D eigenvalue weighted by Gasteiger charge is 2.14. The summed E-state index contributed by atoms with van der Waals surface area (Å²) in [6, 6.07) is 24.4. The number of carbonyl (C=O) groups is 1. The van der Waals surface area contributed by atoms with Gasteiger partial charge >= 0.3 is 0 Å². The third kappa shape index (κ3) is 7.22. The molecule has 0 unspecified atom stereocenters. The maximum absolute atomic E-state index is 12.5. The molecule has 3 rings (SSSR count). The standard InChI is InChI=1S/C25H28N2O3S2/c1-19(2)18-26-32(29,30)22-15-12-20(13-16-22)14-17-25(28)27-23-10-6-7-11-24(23)31-21-8-4-3-5-9-21/h3-13,15-16,19,26H,14,17-18H2,1-2H3,(H,27,28). The predicted molar refractivity (Wildman–Crippen MR) is 130 cm³/mol. The number of hydrogen-bond acceptors (Lipinski definition) is 4. The van der Waals surface area contributed by atoms with Crippen molar-refractivity contribution in [1.82, 2.24) is 4.72 Å². The highest BCUT2D eigenvalue weighted by molar-refractivity contribution is 7.99. The van der Waals surface area contributed by atoms with Gasteiger partial charge in [0, 0.05) is 22.8 Å². The van der Waals surface area contributed by atoms with Gasteiger partial charge in [-0.25, -0.2) is 13.1 Å². The Kier molecular flexibility index (Phi) is 8.50. The minimum atomic E-state index is -3.51. The van der Waals surface area contributed by atoms with Crippen LogP contribution in [0.5, 0.6) is 0 Å². The molecule has 0 aliphatic carbocycles. The Morgan fingerprint density at radius 1 is 0.906 bits per heavy atom. The lowest BCUT2D eigenvalue weighted by Gasteiger charge is -2.11. The molecule has 0 saturated carbocycles. The third-order valence-electron chi connectivity index (χ3n) is 4.69. The summed E-state index contributed by atoms with van der Waals surface area (Å²) in [4.78, 5) is 14.9. The predicted octanol–water partition coefficient (Wildman–Crippen LogP) is 5.34. The van der Waals surface area contributed by atoms with Crippen LogP contribution in [0.4, 0.5) is 5.69 Å². The molecule has 5 nitrogen and oxygen atoms in total. The van der Waals surface area contributed by atoms with Crippen LogP contribution < -0.4 is 10.0 Å². The van der Waals surface area contributed by atoms with E-state index in [1.165, 1.54) is 0 Å². The van der Waals surface area contributed by atoms with Crippen LogP contribution in [0.25, 0.3) is 0 Å².